The van der Waals surface area contributed by atoms with Gasteiger partial charge in [0, 0.05) is 24.4 Å². The fourth-order valence-electron chi connectivity index (χ4n) is 3.84. The maximum absolute atomic E-state index is 11.3. The number of thioether (sulfide) groups is 1. The lowest BCUT2D eigenvalue weighted by atomic mass is 9.75. The highest BCUT2D eigenvalue weighted by Gasteiger charge is 2.49. The third-order valence-electron chi connectivity index (χ3n) is 5.23. The van der Waals surface area contributed by atoms with Gasteiger partial charge in [0.15, 0.2) is 11.0 Å². The molecular weight excluding hydrogens is 344 g/mol. The van der Waals surface area contributed by atoms with E-state index in [0.29, 0.717) is 18.3 Å². The van der Waals surface area contributed by atoms with Crippen molar-refractivity contribution in [1.82, 2.24) is 19.7 Å². The van der Waals surface area contributed by atoms with E-state index in [9.17, 15) is 5.11 Å². The van der Waals surface area contributed by atoms with Crippen molar-refractivity contribution >= 4 is 23.4 Å². The van der Waals surface area contributed by atoms with E-state index in [4.69, 9.17) is 11.6 Å². The van der Waals surface area contributed by atoms with Gasteiger partial charge in [-0.3, -0.25) is 4.90 Å². The predicted molar refractivity (Wildman–Crippen MR) is 95.1 cm³/mol. The van der Waals surface area contributed by atoms with Gasteiger partial charge in [-0.1, -0.05) is 35.5 Å². The molecule has 2 bridgehead atoms. The second-order valence-electron chi connectivity index (χ2n) is 6.76. The molecule has 2 aromatic rings. The van der Waals surface area contributed by atoms with Gasteiger partial charge < -0.3 is 9.67 Å². The summed E-state index contributed by atoms with van der Waals surface area (Å²) in [6.07, 6.45) is 2.08. The van der Waals surface area contributed by atoms with E-state index in [1.807, 2.05) is 35.9 Å². The van der Waals surface area contributed by atoms with Crippen molar-refractivity contribution < 1.29 is 5.11 Å². The summed E-state index contributed by atoms with van der Waals surface area (Å²) in [5, 5.41) is 21.5. The van der Waals surface area contributed by atoms with E-state index in [-0.39, 0.29) is 0 Å². The largest absolute Gasteiger partial charge is 0.380 e. The number of aromatic nitrogens is 3. The Morgan fingerprint density at radius 3 is 2.58 bits per heavy atom. The Balaban J connectivity index is 1.52. The second kappa shape index (κ2) is 6.33. The van der Waals surface area contributed by atoms with Crippen molar-refractivity contribution in [2.24, 2.45) is 13.0 Å². The smallest absolute Gasteiger partial charge is 0.191 e. The zero-order valence-electron chi connectivity index (χ0n) is 13.7. The van der Waals surface area contributed by atoms with E-state index in [1.165, 1.54) is 5.56 Å². The first-order valence-electron chi connectivity index (χ1n) is 8.28. The van der Waals surface area contributed by atoms with Crippen LogP contribution in [-0.4, -0.2) is 44.4 Å². The molecule has 3 aliphatic heterocycles. The monoisotopic (exact) mass is 364 g/mol. The van der Waals surface area contributed by atoms with E-state index >= 15 is 0 Å². The number of rotatable bonds is 4. The van der Waals surface area contributed by atoms with Gasteiger partial charge in [-0.05, 0) is 49.5 Å². The number of nitrogens with zero attached hydrogens (tertiary/aromatic N) is 4. The van der Waals surface area contributed by atoms with Crippen LogP contribution in [0.3, 0.4) is 0 Å². The van der Waals surface area contributed by atoms with E-state index < -0.39 is 5.60 Å². The molecule has 4 heterocycles. The molecule has 0 radical (unpaired) electrons. The third kappa shape index (κ3) is 2.86. The van der Waals surface area contributed by atoms with Gasteiger partial charge in [0.25, 0.3) is 0 Å². The van der Waals surface area contributed by atoms with Crippen LogP contribution < -0.4 is 0 Å². The highest BCUT2D eigenvalue weighted by atomic mass is 35.5. The number of piperidine rings is 3. The maximum Gasteiger partial charge on any atom is 0.191 e. The van der Waals surface area contributed by atoms with Crippen LogP contribution in [0.4, 0.5) is 0 Å². The highest BCUT2D eigenvalue weighted by Crippen LogP contribution is 2.42. The quantitative estimate of drug-likeness (QED) is 0.845. The SMILES string of the molecule is Cn1c(SCc2ccc(Cl)cc2)nnc1C1(O)CN2CCC1CC2. The number of hydrogen-bond donors (Lipinski definition) is 1. The molecule has 1 atom stereocenters. The Hall–Kier alpha value is -1.08. The lowest BCUT2D eigenvalue weighted by molar-refractivity contribution is -0.124. The van der Waals surface area contributed by atoms with E-state index in [0.717, 1.165) is 41.9 Å². The molecule has 0 aliphatic carbocycles. The molecule has 0 saturated carbocycles. The van der Waals surface area contributed by atoms with Gasteiger partial charge in [-0.15, -0.1) is 10.2 Å². The van der Waals surface area contributed by atoms with Crippen LogP contribution >= 0.6 is 23.4 Å². The van der Waals surface area contributed by atoms with Crippen molar-refractivity contribution in [2.75, 3.05) is 19.6 Å². The van der Waals surface area contributed by atoms with Crippen LogP contribution in [-0.2, 0) is 18.4 Å². The normalized spacial score (nSPS) is 29.1. The Morgan fingerprint density at radius 2 is 1.96 bits per heavy atom. The Labute approximate surface area is 151 Å². The summed E-state index contributed by atoms with van der Waals surface area (Å²) in [6.45, 7) is 2.84. The van der Waals surface area contributed by atoms with E-state index in [2.05, 4.69) is 15.1 Å². The fourth-order valence-corrected chi connectivity index (χ4v) is 4.83. The first-order valence-corrected chi connectivity index (χ1v) is 9.64. The van der Waals surface area contributed by atoms with Gasteiger partial charge in [-0.25, -0.2) is 0 Å². The number of fused-ring (bicyclic) bond motifs is 3. The molecule has 3 fully saturated rings. The lowest BCUT2D eigenvalue weighted by Crippen LogP contribution is -2.58. The molecule has 0 amide bonds. The fraction of sp³-hybridized carbons (Fsp3) is 0.529. The molecule has 7 heteroatoms. The van der Waals surface area contributed by atoms with Crippen LogP contribution in [0.2, 0.25) is 5.02 Å². The number of hydrogen-bond acceptors (Lipinski definition) is 5. The molecule has 5 rings (SSSR count). The molecule has 1 N–H and O–H groups in total. The molecule has 3 aliphatic rings. The summed E-state index contributed by atoms with van der Waals surface area (Å²) in [7, 11) is 1.95. The molecular formula is C17H21ClN4OS. The van der Waals surface area contributed by atoms with Crippen LogP contribution in [0.15, 0.2) is 29.4 Å². The summed E-state index contributed by atoms with van der Waals surface area (Å²) in [5.74, 6) is 1.80. The number of halogens is 1. The van der Waals surface area contributed by atoms with Crippen LogP contribution in [0.1, 0.15) is 24.2 Å². The molecule has 1 aromatic heterocycles. The zero-order chi connectivity index (χ0) is 16.7. The van der Waals surface area contributed by atoms with Gasteiger partial charge in [-0.2, -0.15) is 0 Å². The first-order chi connectivity index (χ1) is 11.6. The molecule has 128 valence electrons. The third-order valence-corrected chi connectivity index (χ3v) is 6.57. The van der Waals surface area contributed by atoms with Crippen molar-refractivity contribution in [1.29, 1.82) is 0 Å². The van der Waals surface area contributed by atoms with Crippen molar-refractivity contribution in [2.45, 2.75) is 29.4 Å². The summed E-state index contributed by atoms with van der Waals surface area (Å²) in [4.78, 5) is 2.33. The minimum atomic E-state index is -0.864. The van der Waals surface area contributed by atoms with Gasteiger partial charge in [0.1, 0.15) is 5.60 Å². The molecule has 1 aromatic carbocycles. The number of aliphatic hydroxyl groups is 1. The molecule has 1 unspecified atom stereocenters. The Kier molecular flexibility index (Phi) is 4.33. The standard InChI is InChI=1S/C17H21ClN4OS/c1-21-15(17(23)11-22-8-6-13(17)7-9-22)19-20-16(21)24-10-12-2-4-14(18)5-3-12/h2-5,13,23H,6-11H2,1H3. The van der Waals surface area contributed by atoms with Crippen LogP contribution in [0.25, 0.3) is 0 Å². The van der Waals surface area contributed by atoms with Gasteiger partial charge >= 0.3 is 0 Å². The van der Waals surface area contributed by atoms with E-state index in [1.54, 1.807) is 11.8 Å². The summed E-state index contributed by atoms with van der Waals surface area (Å²) in [5.41, 5.74) is 0.327. The molecule has 0 spiro atoms. The Morgan fingerprint density at radius 1 is 1.25 bits per heavy atom. The molecule has 3 saturated heterocycles. The number of benzene rings is 1. The summed E-state index contributed by atoms with van der Waals surface area (Å²) >= 11 is 7.56. The zero-order valence-corrected chi connectivity index (χ0v) is 15.2. The second-order valence-corrected chi connectivity index (χ2v) is 8.13. The van der Waals surface area contributed by atoms with Crippen LogP contribution in [0, 0.1) is 5.92 Å². The average Bonchev–Trinajstić information content (AvgIpc) is 2.97. The van der Waals surface area contributed by atoms with Crippen molar-refractivity contribution in [3.05, 3.63) is 40.7 Å². The topological polar surface area (TPSA) is 54.2 Å². The van der Waals surface area contributed by atoms with Gasteiger partial charge in [0.2, 0.25) is 0 Å². The first kappa shape index (κ1) is 16.4. The van der Waals surface area contributed by atoms with Crippen LogP contribution in [0.5, 0.6) is 0 Å². The Bertz CT molecular complexity index is 727. The predicted octanol–water partition coefficient (Wildman–Crippen LogP) is 2.67. The molecule has 24 heavy (non-hydrogen) atoms. The lowest BCUT2D eigenvalue weighted by Gasteiger charge is -2.49. The van der Waals surface area contributed by atoms with Crippen molar-refractivity contribution in [3.63, 3.8) is 0 Å². The highest BCUT2D eigenvalue weighted by molar-refractivity contribution is 7.98. The maximum atomic E-state index is 11.3. The summed E-state index contributed by atoms with van der Waals surface area (Å²) in [6, 6.07) is 7.84. The average molecular weight is 365 g/mol. The molecule has 5 nitrogen and oxygen atoms in total. The van der Waals surface area contributed by atoms with Crippen molar-refractivity contribution in [3.8, 4) is 0 Å². The minimum Gasteiger partial charge on any atom is -0.380 e. The summed E-state index contributed by atoms with van der Waals surface area (Å²) < 4.78 is 1.96. The minimum absolute atomic E-state index is 0.291. The van der Waals surface area contributed by atoms with Gasteiger partial charge in [0.05, 0.1) is 0 Å².